The topological polar surface area (TPSA) is 33.4 Å². The monoisotopic (exact) mass is 284 g/mol. The first-order chi connectivity index (χ1) is 10.1. The van der Waals surface area contributed by atoms with Crippen molar-refractivity contribution < 1.29 is 13.9 Å². The Morgan fingerprint density at radius 1 is 1.19 bits per heavy atom. The maximum Gasteiger partial charge on any atom is 0.141 e. The van der Waals surface area contributed by atoms with Gasteiger partial charge in [0, 0.05) is 10.9 Å². The Bertz CT molecular complexity index is 789. The van der Waals surface area contributed by atoms with Gasteiger partial charge in [0.05, 0.1) is 0 Å². The van der Waals surface area contributed by atoms with Gasteiger partial charge in [-0.25, -0.2) is 4.39 Å². The predicted molar refractivity (Wildman–Crippen MR) is 80.8 cm³/mol. The molecule has 1 unspecified atom stereocenters. The summed E-state index contributed by atoms with van der Waals surface area (Å²) in [5.74, 6) is 0.171. The first-order valence-electron chi connectivity index (χ1n) is 7.05. The van der Waals surface area contributed by atoms with E-state index in [1.54, 1.807) is 6.07 Å². The second-order valence-electron chi connectivity index (χ2n) is 5.23. The molecular formula is C18H17FO2. The highest BCUT2D eigenvalue weighted by molar-refractivity contribution is 5.82. The highest BCUT2D eigenvalue weighted by atomic mass is 19.1. The maximum absolute atomic E-state index is 13.3. The zero-order valence-corrected chi connectivity index (χ0v) is 12.1. The normalized spacial score (nSPS) is 12.8. The molecule has 0 aliphatic carbocycles. The molecule has 3 rings (SSSR count). The summed E-state index contributed by atoms with van der Waals surface area (Å²) in [6.07, 6.45) is 0.0668. The molecule has 1 atom stereocenters. The fourth-order valence-electron chi connectivity index (χ4n) is 2.61. The molecule has 3 heteroatoms. The van der Waals surface area contributed by atoms with Crippen LogP contribution in [0.15, 0.2) is 46.9 Å². The van der Waals surface area contributed by atoms with Crippen LogP contribution in [0.2, 0.25) is 0 Å². The van der Waals surface area contributed by atoms with Crippen LogP contribution in [0.25, 0.3) is 11.0 Å². The van der Waals surface area contributed by atoms with Crippen LogP contribution in [0.3, 0.4) is 0 Å². The summed E-state index contributed by atoms with van der Waals surface area (Å²) < 4.78 is 19.1. The number of hydrogen-bond acceptors (Lipinski definition) is 2. The van der Waals surface area contributed by atoms with E-state index in [0.29, 0.717) is 16.7 Å². The zero-order valence-electron chi connectivity index (χ0n) is 12.1. The number of rotatable bonds is 3. The SMILES string of the molecule is CCc1cccc(C(O)c2oc3ccc(F)cc3c2C)c1. The van der Waals surface area contributed by atoms with E-state index in [0.717, 1.165) is 23.1 Å². The van der Waals surface area contributed by atoms with Gasteiger partial charge in [0.15, 0.2) is 0 Å². The average Bonchev–Trinajstić information content (AvgIpc) is 2.83. The summed E-state index contributed by atoms with van der Waals surface area (Å²) in [7, 11) is 0. The summed E-state index contributed by atoms with van der Waals surface area (Å²) in [5, 5.41) is 11.3. The third kappa shape index (κ3) is 2.45. The van der Waals surface area contributed by atoms with Gasteiger partial charge in [-0.05, 0) is 42.7 Å². The smallest absolute Gasteiger partial charge is 0.141 e. The van der Waals surface area contributed by atoms with E-state index in [-0.39, 0.29) is 5.82 Å². The van der Waals surface area contributed by atoms with Crippen molar-refractivity contribution in [1.82, 2.24) is 0 Å². The lowest BCUT2D eigenvalue weighted by Crippen LogP contribution is -2.00. The minimum Gasteiger partial charge on any atom is -0.458 e. The summed E-state index contributed by atoms with van der Waals surface area (Å²) in [6, 6.07) is 12.2. The lowest BCUT2D eigenvalue weighted by molar-refractivity contribution is 0.191. The number of fused-ring (bicyclic) bond motifs is 1. The highest BCUT2D eigenvalue weighted by Gasteiger charge is 2.20. The van der Waals surface area contributed by atoms with Crippen molar-refractivity contribution in [3.8, 4) is 0 Å². The van der Waals surface area contributed by atoms with Crippen LogP contribution in [0.4, 0.5) is 4.39 Å². The molecule has 21 heavy (non-hydrogen) atoms. The van der Waals surface area contributed by atoms with Crippen LogP contribution in [0.5, 0.6) is 0 Å². The van der Waals surface area contributed by atoms with Crippen LogP contribution < -0.4 is 0 Å². The molecule has 3 aromatic rings. The van der Waals surface area contributed by atoms with Crippen LogP contribution in [0, 0.1) is 12.7 Å². The number of hydrogen-bond donors (Lipinski definition) is 1. The molecule has 108 valence electrons. The van der Waals surface area contributed by atoms with Gasteiger partial charge < -0.3 is 9.52 Å². The van der Waals surface area contributed by atoms with E-state index in [9.17, 15) is 9.50 Å². The summed E-state index contributed by atoms with van der Waals surface area (Å²) in [5.41, 5.74) is 3.32. The molecule has 0 amide bonds. The molecule has 2 nitrogen and oxygen atoms in total. The molecule has 0 aliphatic heterocycles. The molecule has 0 fully saturated rings. The third-order valence-corrected chi connectivity index (χ3v) is 3.86. The second-order valence-corrected chi connectivity index (χ2v) is 5.23. The molecule has 0 spiro atoms. The van der Waals surface area contributed by atoms with Crippen LogP contribution >= 0.6 is 0 Å². The van der Waals surface area contributed by atoms with E-state index in [1.165, 1.54) is 12.1 Å². The zero-order chi connectivity index (χ0) is 15.0. The molecule has 2 aromatic carbocycles. The number of aliphatic hydroxyl groups is 1. The molecule has 0 radical (unpaired) electrons. The number of aryl methyl sites for hydroxylation is 2. The quantitative estimate of drug-likeness (QED) is 0.767. The standard InChI is InChI=1S/C18H17FO2/c1-3-12-5-4-6-13(9-12)17(20)18-11(2)15-10-14(19)7-8-16(15)21-18/h4-10,17,20H,3H2,1-2H3. The highest BCUT2D eigenvalue weighted by Crippen LogP contribution is 2.33. The second kappa shape index (κ2) is 5.34. The molecule has 1 N–H and O–H groups in total. The van der Waals surface area contributed by atoms with Gasteiger partial charge in [0.1, 0.15) is 23.3 Å². The van der Waals surface area contributed by atoms with Crippen molar-refractivity contribution in [2.24, 2.45) is 0 Å². The lowest BCUT2D eigenvalue weighted by atomic mass is 10.0. The Morgan fingerprint density at radius 3 is 2.76 bits per heavy atom. The van der Waals surface area contributed by atoms with Crippen LogP contribution in [-0.2, 0) is 6.42 Å². The van der Waals surface area contributed by atoms with Crippen molar-refractivity contribution in [1.29, 1.82) is 0 Å². The van der Waals surface area contributed by atoms with Gasteiger partial charge >= 0.3 is 0 Å². The van der Waals surface area contributed by atoms with Gasteiger partial charge in [-0.15, -0.1) is 0 Å². The molecule has 1 heterocycles. The Kier molecular flexibility index (Phi) is 3.52. The minimum absolute atomic E-state index is 0.305. The van der Waals surface area contributed by atoms with Gasteiger partial charge in [0.25, 0.3) is 0 Å². The summed E-state index contributed by atoms with van der Waals surface area (Å²) in [4.78, 5) is 0. The third-order valence-electron chi connectivity index (χ3n) is 3.86. The summed E-state index contributed by atoms with van der Waals surface area (Å²) in [6.45, 7) is 3.91. The molecule has 0 aliphatic rings. The molecular weight excluding hydrogens is 267 g/mol. The first kappa shape index (κ1) is 13.8. The first-order valence-corrected chi connectivity index (χ1v) is 7.05. The van der Waals surface area contributed by atoms with Gasteiger partial charge in [-0.1, -0.05) is 31.2 Å². The summed E-state index contributed by atoms with van der Waals surface area (Å²) >= 11 is 0. The van der Waals surface area contributed by atoms with Gasteiger partial charge in [-0.3, -0.25) is 0 Å². The maximum atomic E-state index is 13.3. The van der Waals surface area contributed by atoms with Crippen LogP contribution in [0.1, 0.15) is 35.5 Å². The van der Waals surface area contributed by atoms with E-state index in [2.05, 4.69) is 6.92 Å². The molecule has 0 saturated heterocycles. The van der Waals surface area contributed by atoms with Crippen molar-refractivity contribution in [3.63, 3.8) is 0 Å². The largest absolute Gasteiger partial charge is 0.458 e. The Balaban J connectivity index is 2.08. The Labute approximate surface area is 122 Å². The van der Waals surface area contributed by atoms with E-state index < -0.39 is 6.10 Å². The lowest BCUT2D eigenvalue weighted by Gasteiger charge is -2.10. The van der Waals surface area contributed by atoms with E-state index in [4.69, 9.17) is 4.42 Å². The fraction of sp³-hybridized carbons (Fsp3) is 0.222. The van der Waals surface area contributed by atoms with Crippen molar-refractivity contribution >= 4 is 11.0 Å². The number of aliphatic hydroxyl groups excluding tert-OH is 1. The Morgan fingerprint density at radius 2 is 2.00 bits per heavy atom. The van der Waals surface area contributed by atoms with E-state index in [1.807, 2.05) is 31.2 Å². The molecule has 1 aromatic heterocycles. The molecule has 0 bridgehead atoms. The van der Waals surface area contributed by atoms with E-state index >= 15 is 0 Å². The minimum atomic E-state index is -0.841. The Hall–Kier alpha value is -2.13. The van der Waals surface area contributed by atoms with Gasteiger partial charge in [0.2, 0.25) is 0 Å². The van der Waals surface area contributed by atoms with Gasteiger partial charge in [-0.2, -0.15) is 0 Å². The van der Waals surface area contributed by atoms with Crippen molar-refractivity contribution in [2.75, 3.05) is 0 Å². The fourth-order valence-corrected chi connectivity index (χ4v) is 2.61. The predicted octanol–water partition coefficient (Wildman–Crippen LogP) is 4.52. The number of halogens is 1. The number of furan rings is 1. The van der Waals surface area contributed by atoms with Crippen LogP contribution in [-0.4, -0.2) is 5.11 Å². The molecule has 0 saturated carbocycles. The number of benzene rings is 2. The van der Waals surface area contributed by atoms with Crippen molar-refractivity contribution in [2.45, 2.75) is 26.4 Å². The van der Waals surface area contributed by atoms with Crippen molar-refractivity contribution in [3.05, 3.63) is 70.7 Å². The average molecular weight is 284 g/mol.